The van der Waals surface area contributed by atoms with E-state index in [0.29, 0.717) is 12.3 Å². The van der Waals surface area contributed by atoms with Crippen LogP contribution in [0.3, 0.4) is 0 Å². The van der Waals surface area contributed by atoms with Crippen LogP contribution in [0.4, 0.5) is 0 Å². The Morgan fingerprint density at radius 2 is 1.94 bits per heavy atom. The number of rotatable bonds is 4. The Labute approximate surface area is 119 Å². The summed E-state index contributed by atoms with van der Waals surface area (Å²) in [4.78, 5) is 0.882. The summed E-state index contributed by atoms with van der Waals surface area (Å²) < 4.78 is 4.99. The van der Waals surface area contributed by atoms with Crippen LogP contribution < -0.4 is 0 Å². The summed E-state index contributed by atoms with van der Waals surface area (Å²) in [6.45, 7) is 4.12. The van der Waals surface area contributed by atoms with Crippen molar-refractivity contribution in [2.45, 2.75) is 32.3 Å². The second kappa shape index (κ2) is 5.91. The highest BCUT2D eigenvalue weighted by atomic mass is 79.9. The van der Waals surface area contributed by atoms with Gasteiger partial charge in [-0.05, 0) is 35.1 Å². The first-order valence-electron chi connectivity index (χ1n) is 5.82. The average molecular weight is 327 g/mol. The Morgan fingerprint density at radius 3 is 2.56 bits per heavy atom. The van der Waals surface area contributed by atoms with Gasteiger partial charge in [-0.25, -0.2) is 0 Å². The SMILES string of the molecule is CC(C)c1nnsc1C(O)Cc1ccc(Br)cc1. The van der Waals surface area contributed by atoms with E-state index in [0.717, 1.165) is 20.6 Å². The van der Waals surface area contributed by atoms with E-state index in [1.165, 1.54) is 11.5 Å². The number of hydrogen-bond donors (Lipinski definition) is 1. The fraction of sp³-hybridized carbons (Fsp3) is 0.385. The molecule has 0 radical (unpaired) electrons. The smallest absolute Gasteiger partial charge is 0.0957 e. The fourth-order valence-electron chi connectivity index (χ4n) is 1.77. The molecule has 1 aromatic carbocycles. The van der Waals surface area contributed by atoms with E-state index in [-0.39, 0.29) is 0 Å². The molecule has 2 rings (SSSR count). The van der Waals surface area contributed by atoms with Crippen molar-refractivity contribution in [2.24, 2.45) is 0 Å². The van der Waals surface area contributed by atoms with Crippen molar-refractivity contribution in [1.29, 1.82) is 0 Å². The molecule has 0 saturated heterocycles. The molecule has 1 N–H and O–H groups in total. The molecular weight excluding hydrogens is 312 g/mol. The van der Waals surface area contributed by atoms with Gasteiger partial charge in [0.05, 0.1) is 16.7 Å². The highest BCUT2D eigenvalue weighted by Gasteiger charge is 2.19. The summed E-state index contributed by atoms with van der Waals surface area (Å²) in [6, 6.07) is 7.99. The van der Waals surface area contributed by atoms with Crippen molar-refractivity contribution < 1.29 is 5.11 Å². The standard InChI is InChI=1S/C13H15BrN2OS/c1-8(2)12-13(18-16-15-12)11(17)7-9-3-5-10(14)6-4-9/h3-6,8,11,17H,7H2,1-2H3. The lowest BCUT2D eigenvalue weighted by molar-refractivity contribution is 0.180. The van der Waals surface area contributed by atoms with Gasteiger partial charge in [0.15, 0.2) is 0 Å². The third-order valence-electron chi connectivity index (χ3n) is 2.73. The van der Waals surface area contributed by atoms with Crippen LogP contribution >= 0.6 is 27.5 Å². The zero-order valence-corrected chi connectivity index (χ0v) is 12.7. The first-order valence-corrected chi connectivity index (χ1v) is 7.39. The summed E-state index contributed by atoms with van der Waals surface area (Å²) in [5, 5.41) is 14.4. The van der Waals surface area contributed by atoms with Crippen LogP contribution in [0.25, 0.3) is 0 Å². The van der Waals surface area contributed by atoms with E-state index < -0.39 is 6.10 Å². The van der Waals surface area contributed by atoms with E-state index in [1.807, 2.05) is 24.3 Å². The molecule has 0 bridgehead atoms. The highest BCUT2D eigenvalue weighted by Crippen LogP contribution is 2.28. The predicted octanol–water partition coefficient (Wildman–Crippen LogP) is 3.70. The van der Waals surface area contributed by atoms with Gasteiger partial charge in [0.2, 0.25) is 0 Å². The van der Waals surface area contributed by atoms with Gasteiger partial charge < -0.3 is 5.11 Å². The number of halogens is 1. The van der Waals surface area contributed by atoms with E-state index in [4.69, 9.17) is 0 Å². The van der Waals surface area contributed by atoms with Crippen LogP contribution in [0.5, 0.6) is 0 Å². The zero-order valence-electron chi connectivity index (χ0n) is 10.3. The van der Waals surface area contributed by atoms with Crippen molar-refractivity contribution >= 4 is 27.5 Å². The highest BCUT2D eigenvalue weighted by molar-refractivity contribution is 9.10. The molecule has 0 aliphatic heterocycles. The van der Waals surface area contributed by atoms with Crippen molar-refractivity contribution in [3.8, 4) is 0 Å². The molecule has 3 nitrogen and oxygen atoms in total. The molecule has 0 aliphatic carbocycles. The Balaban J connectivity index is 2.14. The van der Waals surface area contributed by atoms with E-state index in [1.54, 1.807) is 0 Å². The summed E-state index contributed by atoms with van der Waals surface area (Å²) >= 11 is 4.69. The Morgan fingerprint density at radius 1 is 1.28 bits per heavy atom. The van der Waals surface area contributed by atoms with Crippen LogP contribution in [0.2, 0.25) is 0 Å². The number of hydrogen-bond acceptors (Lipinski definition) is 4. The predicted molar refractivity (Wildman–Crippen MR) is 76.8 cm³/mol. The molecular formula is C13H15BrN2OS. The fourth-order valence-corrected chi connectivity index (χ4v) is 2.83. The summed E-state index contributed by atoms with van der Waals surface area (Å²) in [6.07, 6.45) is 0.0697. The largest absolute Gasteiger partial charge is 0.387 e. The van der Waals surface area contributed by atoms with Crippen LogP contribution in [0.1, 0.15) is 42.0 Å². The summed E-state index contributed by atoms with van der Waals surface area (Å²) in [5.41, 5.74) is 2.01. The lowest BCUT2D eigenvalue weighted by atomic mass is 10.0. The van der Waals surface area contributed by atoms with E-state index in [9.17, 15) is 5.11 Å². The maximum atomic E-state index is 10.3. The molecule has 0 amide bonds. The van der Waals surface area contributed by atoms with Crippen molar-refractivity contribution in [1.82, 2.24) is 9.59 Å². The molecule has 2 aromatic rings. The van der Waals surface area contributed by atoms with Crippen molar-refractivity contribution in [2.75, 3.05) is 0 Å². The lowest BCUT2D eigenvalue weighted by Gasteiger charge is -2.11. The molecule has 1 unspecified atom stereocenters. The van der Waals surface area contributed by atoms with Gasteiger partial charge in [0.25, 0.3) is 0 Å². The van der Waals surface area contributed by atoms with Crippen LogP contribution in [-0.2, 0) is 6.42 Å². The van der Waals surface area contributed by atoms with Gasteiger partial charge in [-0.1, -0.05) is 46.4 Å². The van der Waals surface area contributed by atoms with E-state index >= 15 is 0 Å². The maximum absolute atomic E-state index is 10.3. The molecule has 5 heteroatoms. The van der Waals surface area contributed by atoms with Gasteiger partial charge in [0.1, 0.15) is 0 Å². The second-order valence-corrected chi connectivity index (χ2v) is 6.22. The third-order valence-corrected chi connectivity index (χ3v) is 4.10. The molecule has 1 heterocycles. The van der Waals surface area contributed by atoms with Gasteiger partial charge in [0, 0.05) is 10.9 Å². The normalized spacial score (nSPS) is 12.9. The first kappa shape index (κ1) is 13.6. The quantitative estimate of drug-likeness (QED) is 0.931. The number of aliphatic hydroxyl groups excluding tert-OH is 1. The maximum Gasteiger partial charge on any atom is 0.0957 e. The zero-order chi connectivity index (χ0) is 13.1. The Kier molecular flexibility index (Phi) is 4.48. The van der Waals surface area contributed by atoms with Crippen molar-refractivity contribution in [3.63, 3.8) is 0 Å². The monoisotopic (exact) mass is 326 g/mol. The topological polar surface area (TPSA) is 46.0 Å². The second-order valence-electron chi connectivity index (χ2n) is 4.52. The molecule has 1 atom stereocenters. The molecule has 0 spiro atoms. The van der Waals surface area contributed by atoms with Crippen molar-refractivity contribution in [3.05, 3.63) is 44.9 Å². The van der Waals surface area contributed by atoms with Gasteiger partial charge in [-0.15, -0.1) is 5.10 Å². The first-order chi connectivity index (χ1) is 8.58. The van der Waals surface area contributed by atoms with Gasteiger partial charge >= 0.3 is 0 Å². The molecule has 18 heavy (non-hydrogen) atoms. The molecule has 0 aliphatic rings. The number of nitrogens with zero attached hydrogens (tertiary/aromatic N) is 2. The average Bonchev–Trinajstić information content (AvgIpc) is 2.81. The summed E-state index contributed by atoms with van der Waals surface area (Å²) in [7, 11) is 0. The van der Waals surface area contributed by atoms with Crippen LogP contribution in [-0.4, -0.2) is 14.7 Å². The number of benzene rings is 1. The molecule has 96 valence electrons. The summed E-state index contributed by atoms with van der Waals surface area (Å²) in [5.74, 6) is 0.290. The van der Waals surface area contributed by atoms with Gasteiger partial charge in [-0.2, -0.15) is 0 Å². The molecule has 0 saturated carbocycles. The van der Waals surface area contributed by atoms with E-state index in [2.05, 4.69) is 39.4 Å². The third kappa shape index (κ3) is 3.16. The van der Waals surface area contributed by atoms with Gasteiger partial charge in [-0.3, -0.25) is 0 Å². The minimum atomic E-state index is -0.524. The van der Waals surface area contributed by atoms with Crippen LogP contribution in [0.15, 0.2) is 28.7 Å². The lowest BCUT2D eigenvalue weighted by Crippen LogP contribution is -2.04. The number of aromatic nitrogens is 2. The molecule has 1 aromatic heterocycles. The Hall–Kier alpha value is -0.780. The molecule has 0 fully saturated rings. The minimum absolute atomic E-state index is 0.290. The van der Waals surface area contributed by atoms with Crippen LogP contribution in [0, 0.1) is 0 Å². The number of aliphatic hydroxyl groups is 1. The minimum Gasteiger partial charge on any atom is -0.387 e. The Bertz CT molecular complexity index is 510.